The predicted molar refractivity (Wildman–Crippen MR) is 107 cm³/mol. The zero-order valence-electron chi connectivity index (χ0n) is 15.4. The molecule has 3 aromatic rings. The van der Waals surface area contributed by atoms with Crippen LogP contribution in [0.15, 0.2) is 42.5 Å². The Kier molecular flexibility index (Phi) is 4.60. The van der Waals surface area contributed by atoms with Crippen molar-refractivity contribution in [3.63, 3.8) is 0 Å². The van der Waals surface area contributed by atoms with E-state index < -0.39 is 10.8 Å². The topological polar surface area (TPSA) is 101 Å². The molecular weight excluding hydrogens is 358 g/mol. The van der Waals surface area contributed by atoms with Crippen molar-refractivity contribution in [3.8, 4) is 0 Å². The van der Waals surface area contributed by atoms with E-state index in [0.29, 0.717) is 22.7 Å². The van der Waals surface area contributed by atoms with Gasteiger partial charge in [-0.25, -0.2) is 9.97 Å². The summed E-state index contributed by atoms with van der Waals surface area (Å²) in [6, 6.07) is 11.9. The minimum absolute atomic E-state index is 0.0861. The fourth-order valence-corrected chi connectivity index (χ4v) is 3.35. The number of carbonyl (C=O) groups excluding carboxylic acids is 1. The Morgan fingerprint density at radius 3 is 2.46 bits per heavy atom. The fourth-order valence-electron chi connectivity index (χ4n) is 3.35. The second-order valence-corrected chi connectivity index (χ2v) is 6.79. The van der Waals surface area contributed by atoms with Gasteiger partial charge in [-0.3, -0.25) is 14.9 Å². The molecule has 0 radical (unpaired) electrons. The van der Waals surface area contributed by atoms with Crippen LogP contribution in [0.5, 0.6) is 0 Å². The summed E-state index contributed by atoms with van der Waals surface area (Å²) in [6.45, 7) is 3.35. The Bertz CT molecular complexity index is 1080. The molecule has 2 aromatic carbocycles. The number of fused-ring (bicyclic) bond motifs is 1. The summed E-state index contributed by atoms with van der Waals surface area (Å²) in [6.07, 6.45) is 2.12. The highest BCUT2D eigenvalue weighted by Crippen LogP contribution is 2.28. The van der Waals surface area contributed by atoms with E-state index in [2.05, 4.69) is 15.2 Å². The van der Waals surface area contributed by atoms with Crippen molar-refractivity contribution in [1.29, 1.82) is 0 Å². The smallest absolute Gasteiger partial charge is 0.273 e. The Morgan fingerprint density at radius 1 is 1.11 bits per heavy atom. The molecular formula is C20H19N5O3. The van der Waals surface area contributed by atoms with Crippen molar-refractivity contribution in [2.45, 2.75) is 19.8 Å². The second-order valence-electron chi connectivity index (χ2n) is 6.79. The number of aromatic nitrogens is 2. The van der Waals surface area contributed by atoms with Crippen molar-refractivity contribution < 1.29 is 9.72 Å². The van der Waals surface area contributed by atoms with Gasteiger partial charge in [-0.15, -0.1) is 0 Å². The summed E-state index contributed by atoms with van der Waals surface area (Å²) in [7, 11) is 0. The van der Waals surface area contributed by atoms with Gasteiger partial charge in [0.2, 0.25) is 0 Å². The molecule has 0 saturated carbocycles. The maximum absolute atomic E-state index is 12.8. The van der Waals surface area contributed by atoms with Crippen molar-refractivity contribution in [2.75, 3.05) is 23.3 Å². The number of hydrogen-bond donors (Lipinski definition) is 1. The fraction of sp³-hybridized carbons (Fsp3) is 0.250. The van der Waals surface area contributed by atoms with E-state index in [1.54, 1.807) is 19.1 Å². The molecule has 2 heterocycles. The van der Waals surface area contributed by atoms with Gasteiger partial charge in [0.25, 0.3) is 11.6 Å². The van der Waals surface area contributed by atoms with E-state index in [1.165, 1.54) is 6.07 Å². The van der Waals surface area contributed by atoms with Crippen molar-refractivity contribution >= 4 is 34.3 Å². The van der Waals surface area contributed by atoms with Crippen LogP contribution in [-0.4, -0.2) is 33.9 Å². The first-order valence-electron chi connectivity index (χ1n) is 9.11. The Balaban J connectivity index is 1.72. The van der Waals surface area contributed by atoms with Crippen LogP contribution in [0.3, 0.4) is 0 Å². The lowest BCUT2D eigenvalue weighted by Crippen LogP contribution is -2.23. The molecule has 0 unspecified atom stereocenters. The van der Waals surface area contributed by atoms with E-state index in [9.17, 15) is 14.9 Å². The molecule has 142 valence electrons. The lowest BCUT2D eigenvalue weighted by molar-refractivity contribution is -0.385. The number of nitro benzene ring substituents is 1. The lowest BCUT2D eigenvalue weighted by atomic mass is 10.1. The largest absolute Gasteiger partial charge is 0.354 e. The maximum atomic E-state index is 12.8. The molecule has 8 nitrogen and oxygen atoms in total. The summed E-state index contributed by atoms with van der Waals surface area (Å²) in [4.78, 5) is 34.9. The van der Waals surface area contributed by atoms with Gasteiger partial charge in [0.1, 0.15) is 0 Å². The van der Waals surface area contributed by atoms with Gasteiger partial charge in [-0.05, 0) is 38.0 Å². The monoisotopic (exact) mass is 377 g/mol. The van der Waals surface area contributed by atoms with E-state index in [1.807, 2.05) is 24.3 Å². The van der Waals surface area contributed by atoms with Crippen molar-refractivity contribution in [2.24, 2.45) is 0 Å². The Hall–Kier alpha value is -3.55. The molecule has 1 N–H and O–H groups in total. The molecule has 0 bridgehead atoms. The van der Waals surface area contributed by atoms with Gasteiger partial charge >= 0.3 is 0 Å². The third-order valence-electron chi connectivity index (χ3n) is 4.86. The lowest BCUT2D eigenvalue weighted by Gasteiger charge is -2.20. The number of aryl methyl sites for hydroxylation is 1. The van der Waals surface area contributed by atoms with E-state index >= 15 is 0 Å². The highest BCUT2D eigenvalue weighted by molar-refractivity contribution is 6.06. The van der Waals surface area contributed by atoms with Gasteiger partial charge < -0.3 is 10.2 Å². The molecule has 0 atom stereocenters. The van der Waals surface area contributed by atoms with Crippen LogP contribution in [-0.2, 0) is 0 Å². The molecule has 28 heavy (non-hydrogen) atoms. The van der Waals surface area contributed by atoms with E-state index in [-0.39, 0.29) is 11.3 Å². The number of nitrogens with one attached hydrogen (secondary N) is 1. The highest BCUT2D eigenvalue weighted by atomic mass is 16.6. The molecule has 8 heteroatoms. The van der Waals surface area contributed by atoms with E-state index in [4.69, 9.17) is 4.98 Å². The molecule has 1 aliphatic heterocycles. The normalized spacial score (nSPS) is 13.7. The van der Waals surface area contributed by atoms with E-state index in [0.717, 1.165) is 31.4 Å². The zero-order chi connectivity index (χ0) is 19.7. The summed E-state index contributed by atoms with van der Waals surface area (Å²) in [5.74, 6) is 0.549. The number of rotatable bonds is 4. The Labute approximate surface area is 161 Å². The first-order chi connectivity index (χ1) is 13.5. The minimum Gasteiger partial charge on any atom is -0.354 e. The third kappa shape index (κ3) is 3.36. The molecule has 1 fully saturated rings. The summed E-state index contributed by atoms with van der Waals surface area (Å²) >= 11 is 0. The van der Waals surface area contributed by atoms with Crippen LogP contribution in [0.2, 0.25) is 0 Å². The van der Waals surface area contributed by atoms with Gasteiger partial charge in [-0.1, -0.05) is 18.2 Å². The SMILES string of the molecule is Cc1ccc(C(=O)Nc2nc3ccccc3nc2N2CCCC2)cc1[N+](=O)[O-]. The highest BCUT2D eigenvalue weighted by Gasteiger charge is 2.22. The predicted octanol–water partition coefficient (Wildman–Crippen LogP) is 3.70. The summed E-state index contributed by atoms with van der Waals surface area (Å²) < 4.78 is 0. The average molecular weight is 377 g/mol. The minimum atomic E-state index is -0.488. The number of nitrogens with zero attached hydrogens (tertiary/aromatic N) is 4. The van der Waals surface area contributed by atoms with Crippen LogP contribution in [0, 0.1) is 17.0 Å². The molecule has 0 aliphatic carbocycles. The third-order valence-corrected chi connectivity index (χ3v) is 4.86. The molecule has 1 saturated heterocycles. The van der Waals surface area contributed by atoms with Crippen molar-refractivity contribution in [3.05, 3.63) is 63.7 Å². The molecule has 0 spiro atoms. The molecule has 1 amide bonds. The zero-order valence-corrected chi connectivity index (χ0v) is 15.4. The quantitative estimate of drug-likeness (QED) is 0.549. The number of nitro groups is 1. The van der Waals surface area contributed by atoms with Gasteiger partial charge in [0.15, 0.2) is 11.6 Å². The molecule has 1 aromatic heterocycles. The Morgan fingerprint density at radius 2 is 1.79 bits per heavy atom. The standard InChI is InChI=1S/C20H19N5O3/c1-13-8-9-14(12-17(13)25(27)28)20(26)23-18-19(24-10-4-5-11-24)22-16-7-3-2-6-15(16)21-18/h2-3,6-9,12H,4-5,10-11H2,1H3,(H,21,23,26). The number of anilines is 2. The first-order valence-corrected chi connectivity index (χ1v) is 9.11. The van der Waals surface area contributed by atoms with Gasteiger partial charge in [-0.2, -0.15) is 0 Å². The van der Waals surface area contributed by atoms with Crippen LogP contribution in [0.4, 0.5) is 17.3 Å². The summed E-state index contributed by atoms with van der Waals surface area (Å²) in [5, 5.41) is 14.0. The summed E-state index contributed by atoms with van der Waals surface area (Å²) in [5.41, 5.74) is 2.06. The number of benzene rings is 2. The van der Waals surface area contributed by atoms with Gasteiger partial charge in [0.05, 0.1) is 16.0 Å². The van der Waals surface area contributed by atoms with Crippen LogP contribution in [0.1, 0.15) is 28.8 Å². The van der Waals surface area contributed by atoms with Crippen LogP contribution >= 0.6 is 0 Å². The van der Waals surface area contributed by atoms with Crippen LogP contribution in [0.25, 0.3) is 11.0 Å². The molecule has 1 aliphatic rings. The number of para-hydroxylation sites is 2. The maximum Gasteiger partial charge on any atom is 0.273 e. The molecule has 4 rings (SSSR count). The average Bonchev–Trinajstić information content (AvgIpc) is 3.22. The van der Waals surface area contributed by atoms with Crippen molar-refractivity contribution in [1.82, 2.24) is 9.97 Å². The number of carbonyl (C=O) groups is 1. The number of amides is 1. The second kappa shape index (κ2) is 7.22. The first kappa shape index (κ1) is 17.8. The van der Waals surface area contributed by atoms with Gasteiger partial charge in [0, 0.05) is 30.3 Å². The number of hydrogen-bond acceptors (Lipinski definition) is 6. The van der Waals surface area contributed by atoms with Crippen LogP contribution < -0.4 is 10.2 Å².